The molecule has 1 aliphatic carbocycles. The molecule has 3 aliphatic rings. The first kappa shape index (κ1) is 25.0. The molecular formula is C29H25F2NO7. The first-order valence-electron chi connectivity index (χ1n) is 12.5. The first-order chi connectivity index (χ1) is 18.7. The second-order valence-corrected chi connectivity index (χ2v) is 9.80. The van der Waals surface area contributed by atoms with Crippen molar-refractivity contribution < 1.29 is 42.1 Å². The van der Waals surface area contributed by atoms with Crippen LogP contribution in [0.4, 0.5) is 8.78 Å². The minimum Gasteiger partial charge on any atom is -0.497 e. The Kier molecular flexibility index (Phi) is 5.85. The Balaban J connectivity index is 1.31. The van der Waals surface area contributed by atoms with Gasteiger partial charge in [0, 0.05) is 12.0 Å². The summed E-state index contributed by atoms with van der Waals surface area (Å²) in [4.78, 5) is 26.0. The number of benzene rings is 3. The topological polar surface area (TPSA) is 92.3 Å². The van der Waals surface area contributed by atoms with Gasteiger partial charge in [-0.15, -0.1) is 8.78 Å². The summed E-state index contributed by atoms with van der Waals surface area (Å²) in [5.74, 6) is 0.270. The molecule has 202 valence electrons. The number of rotatable bonds is 6. The number of ether oxygens (including phenoxy) is 5. The van der Waals surface area contributed by atoms with Crippen LogP contribution in [-0.4, -0.2) is 32.4 Å². The lowest BCUT2D eigenvalue weighted by atomic mass is 9.89. The van der Waals surface area contributed by atoms with Gasteiger partial charge in [-0.25, -0.2) is 4.79 Å². The Bertz CT molecular complexity index is 1470. The monoisotopic (exact) mass is 537 g/mol. The SMILES string of the molecule is COC(=O)c1ccc2c(c1)[C@H](NC(=O)C1(c3ccc4c(c3)OC(F)(F)O4)CC1)C[C@H](c1cccc(OC)c1)O2. The lowest BCUT2D eigenvalue weighted by molar-refractivity contribution is -0.286. The van der Waals surface area contributed by atoms with Gasteiger partial charge in [0.1, 0.15) is 17.6 Å². The van der Waals surface area contributed by atoms with E-state index in [1.807, 2.05) is 24.3 Å². The molecule has 1 amide bonds. The average molecular weight is 538 g/mol. The van der Waals surface area contributed by atoms with Crippen LogP contribution in [0.25, 0.3) is 0 Å². The number of hydrogen-bond donors (Lipinski definition) is 1. The number of carbonyl (C=O) groups is 2. The van der Waals surface area contributed by atoms with E-state index in [1.165, 1.54) is 19.2 Å². The molecule has 10 heteroatoms. The third kappa shape index (κ3) is 4.49. The maximum Gasteiger partial charge on any atom is 0.586 e. The van der Waals surface area contributed by atoms with E-state index in [2.05, 4.69) is 14.8 Å². The Labute approximate surface area is 222 Å². The molecule has 0 aromatic heterocycles. The number of hydrogen-bond acceptors (Lipinski definition) is 7. The molecule has 0 radical (unpaired) electrons. The number of esters is 1. The second-order valence-electron chi connectivity index (χ2n) is 9.80. The second kappa shape index (κ2) is 9.14. The summed E-state index contributed by atoms with van der Waals surface area (Å²) < 4.78 is 52.7. The minimum absolute atomic E-state index is 0.0743. The van der Waals surface area contributed by atoms with Crippen molar-refractivity contribution in [3.8, 4) is 23.0 Å². The number of fused-ring (bicyclic) bond motifs is 2. The van der Waals surface area contributed by atoms with Gasteiger partial charge in [-0.1, -0.05) is 18.2 Å². The van der Waals surface area contributed by atoms with Gasteiger partial charge < -0.3 is 29.0 Å². The lowest BCUT2D eigenvalue weighted by Gasteiger charge is -2.34. The number of carbonyl (C=O) groups excluding carboxylic acids is 2. The van der Waals surface area contributed by atoms with Crippen LogP contribution in [0.15, 0.2) is 60.7 Å². The van der Waals surface area contributed by atoms with Gasteiger partial charge in [0.15, 0.2) is 11.5 Å². The van der Waals surface area contributed by atoms with Crippen LogP contribution in [0.2, 0.25) is 0 Å². The molecule has 1 fully saturated rings. The molecule has 3 aromatic carbocycles. The zero-order valence-corrected chi connectivity index (χ0v) is 21.2. The van der Waals surface area contributed by atoms with Crippen LogP contribution in [0, 0.1) is 0 Å². The van der Waals surface area contributed by atoms with Crippen LogP contribution < -0.4 is 24.3 Å². The van der Waals surface area contributed by atoms with Gasteiger partial charge in [0.05, 0.1) is 31.2 Å². The highest BCUT2D eigenvalue weighted by atomic mass is 19.3. The van der Waals surface area contributed by atoms with Gasteiger partial charge in [-0.2, -0.15) is 0 Å². The minimum atomic E-state index is -3.74. The molecule has 1 N–H and O–H groups in total. The Hall–Kier alpha value is -4.34. The number of halogens is 2. The molecule has 0 spiro atoms. The van der Waals surface area contributed by atoms with Crippen molar-refractivity contribution in [1.82, 2.24) is 5.32 Å². The van der Waals surface area contributed by atoms with Gasteiger partial charge >= 0.3 is 12.3 Å². The van der Waals surface area contributed by atoms with Crippen LogP contribution in [-0.2, 0) is 14.9 Å². The highest BCUT2D eigenvalue weighted by molar-refractivity contribution is 5.92. The molecule has 2 atom stereocenters. The smallest absolute Gasteiger partial charge is 0.497 e. The van der Waals surface area contributed by atoms with Crippen LogP contribution in [0.1, 0.15) is 58.5 Å². The first-order valence-corrected chi connectivity index (χ1v) is 12.5. The van der Waals surface area contributed by atoms with Crippen LogP contribution in [0.3, 0.4) is 0 Å². The highest BCUT2D eigenvalue weighted by Gasteiger charge is 2.53. The number of amides is 1. The summed E-state index contributed by atoms with van der Waals surface area (Å²) in [6.45, 7) is 0. The van der Waals surface area contributed by atoms with Gasteiger partial charge in [-0.3, -0.25) is 4.79 Å². The van der Waals surface area contributed by atoms with Crippen LogP contribution in [0.5, 0.6) is 23.0 Å². The van der Waals surface area contributed by atoms with Crippen molar-refractivity contribution >= 4 is 11.9 Å². The zero-order valence-electron chi connectivity index (χ0n) is 21.2. The Morgan fingerprint density at radius 1 is 0.949 bits per heavy atom. The number of nitrogens with one attached hydrogen (secondary N) is 1. The predicted molar refractivity (Wildman–Crippen MR) is 133 cm³/mol. The predicted octanol–water partition coefficient (Wildman–Crippen LogP) is 5.22. The standard InChI is InChI=1S/C29H25F2NO7/c1-35-19-5-3-4-16(12-19)24-15-21(20-13-17(26(33)36-2)6-8-22(20)37-24)32-27(34)28(10-11-28)18-7-9-23-25(14-18)39-29(30,31)38-23/h3-9,12-14,21,24H,10-11,15H2,1-2H3,(H,32,34)/t21-,24-/m1/s1. The van der Waals surface area contributed by atoms with Crippen molar-refractivity contribution in [2.45, 2.75) is 43.1 Å². The Morgan fingerprint density at radius 3 is 2.46 bits per heavy atom. The number of alkyl halides is 2. The maximum absolute atomic E-state index is 13.8. The van der Waals surface area contributed by atoms with Crippen molar-refractivity contribution in [3.63, 3.8) is 0 Å². The third-order valence-corrected chi connectivity index (χ3v) is 7.43. The largest absolute Gasteiger partial charge is 0.586 e. The van der Waals surface area contributed by atoms with E-state index < -0.39 is 29.8 Å². The maximum atomic E-state index is 13.8. The molecule has 3 aromatic rings. The Morgan fingerprint density at radius 2 is 1.72 bits per heavy atom. The van der Waals surface area contributed by atoms with Gasteiger partial charge in [-0.05, 0) is 66.4 Å². The summed E-state index contributed by atoms with van der Waals surface area (Å²) in [7, 11) is 2.88. The van der Waals surface area contributed by atoms with E-state index >= 15 is 0 Å². The molecule has 0 saturated heterocycles. The lowest BCUT2D eigenvalue weighted by Crippen LogP contribution is -2.39. The van der Waals surface area contributed by atoms with E-state index in [4.69, 9.17) is 14.2 Å². The van der Waals surface area contributed by atoms with E-state index in [-0.39, 0.29) is 17.4 Å². The molecule has 2 heterocycles. The van der Waals surface area contributed by atoms with E-state index in [9.17, 15) is 18.4 Å². The van der Waals surface area contributed by atoms with Crippen molar-refractivity contribution in [2.75, 3.05) is 14.2 Å². The van der Waals surface area contributed by atoms with E-state index in [1.54, 1.807) is 31.4 Å². The van der Waals surface area contributed by atoms with E-state index in [0.29, 0.717) is 47.5 Å². The molecule has 8 nitrogen and oxygen atoms in total. The van der Waals surface area contributed by atoms with E-state index in [0.717, 1.165) is 5.56 Å². The summed E-state index contributed by atoms with van der Waals surface area (Å²) in [5.41, 5.74) is 1.53. The summed E-state index contributed by atoms with van der Waals surface area (Å²) in [5, 5.41) is 3.15. The fraction of sp³-hybridized carbons (Fsp3) is 0.310. The normalized spacial score (nSPS) is 21.2. The quantitative estimate of drug-likeness (QED) is 0.431. The fourth-order valence-corrected chi connectivity index (χ4v) is 5.21. The number of methoxy groups -OCH3 is 2. The molecule has 0 unspecified atom stereocenters. The molecular weight excluding hydrogens is 512 g/mol. The zero-order chi connectivity index (χ0) is 27.4. The van der Waals surface area contributed by atoms with Gasteiger partial charge in [0.25, 0.3) is 0 Å². The third-order valence-electron chi connectivity index (χ3n) is 7.43. The highest BCUT2D eigenvalue weighted by Crippen LogP contribution is 2.53. The molecule has 2 aliphatic heterocycles. The van der Waals surface area contributed by atoms with Crippen molar-refractivity contribution in [1.29, 1.82) is 0 Å². The molecule has 39 heavy (non-hydrogen) atoms. The molecule has 6 rings (SSSR count). The molecule has 0 bridgehead atoms. The van der Waals surface area contributed by atoms with Crippen molar-refractivity contribution in [2.24, 2.45) is 0 Å². The van der Waals surface area contributed by atoms with Crippen LogP contribution >= 0.6 is 0 Å². The van der Waals surface area contributed by atoms with Gasteiger partial charge in [0.2, 0.25) is 5.91 Å². The average Bonchev–Trinajstić information content (AvgIpc) is 3.69. The fourth-order valence-electron chi connectivity index (χ4n) is 5.21. The van der Waals surface area contributed by atoms with Crippen molar-refractivity contribution in [3.05, 3.63) is 82.9 Å². The molecule has 1 saturated carbocycles. The summed E-state index contributed by atoms with van der Waals surface area (Å²) in [6, 6.07) is 16.4. The summed E-state index contributed by atoms with van der Waals surface area (Å²) >= 11 is 0. The summed E-state index contributed by atoms with van der Waals surface area (Å²) in [6.07, 6.45) is -2.65.